The monoisotopic (exact) mass is 372 g/mol. The van der Waals surface area contributed by atoms with Crippen LogP contribution in [0.15, 0.2) is 18.3 Å². The number of piperazine rings is 1. The van der Waals surface area contributed by atoms with E-state index in [1.807, 2.05) is 9.21 Å². The van der Waals surface area contributed by atoms with Gasteiger partial charge in [0, 0.05) is 46.5 Å². The minimum Gasteiger partial charge on any atom is -0.367 e. The first-order valence-electron chi connectivity index (χ1n) is 8.04. The Morgan fingerprint density at radius 3 is 2.48 bits per heavy atom. The van der Waals surface area contributed by atoms with Gasteiger partial charge in [0.05, 0.1) is 23.0 Å². The summed E-state index contributed by atoms with van der Waals surface area (Å²) in [4.78, 5) is 1.96. The van der Waals surface area contributed by atoms with Gasteiger partial charge in [-0.15, -0.1) is 0 Å². The van der Waals surface area contributed by atoms with Gasteiger partial charge in [0.25, 0.3) is 0 Å². The van der Waals surface area contributed by atoms with E-state index < -0.39 is 21.4 Å². The van der Waals surface area contributed by atoms with Crippen molar-refractivity contribution in [2.45, 2.75) is 31.1 Å². The van der Waals surface area contributed by atoms with Gasteiger partial charge in [0.1, 0.15) is 0 Å². The maximum absolute atomic E-state index is 13.2. The first kappa shape index (κ1) is 16.7. The first-order valence-corrected chi connectivity index (χ1v) is 10.1. The lowest BCUT2D eigenvalue weighted by Crippen LogP contribution is -2.55. The molecule has 2 bridgehead atoms. The van der Waals surface area contributed by atoms with E-state index in [-0.39, 0.29) is 12.1 Å². The molecule has 3 atom stereocenters. The second-order valence-electron chi connectivity index (χ2n) is 6.94. The van der Waals surface area contributed by atoms with Gasteiger partial charge < -0.3 is 4.90 Å². The van der Waals surface area contributed by atoms with E-state index in [0.717, 1.165) is 18.9 Å². The minimum atomic E-state index is -4.41. The molecule has 2 saturated heterocycles. The molecular weight excluding hydrogens is 353 g/mol. The summed E-state index contributed by atoms with van der Waals surface area (Å²) in [7, 11) is -2.32. The number of aromatic amines is 1. The standard InChI is InChI=1S/C16H19F3N4OS/c1-25(2,24)23-12-3-4-13(23)9-22(8-12)14-6-11(16(17,18)19)5-10-7-20-21-15(10)14/h5-7,12-13H,1,3-4,8-9H2,2H3,(H,20,21). The maximum atomic E-state index is 13.2. The van der Waals surface area contributed by atoms with Crippen molar-refractivity contribution in [3.8, 4) is 0 Å². The summed E-state index contributed by atoms with van der Waals surface area (Å²) in [5.74, 6) is 3.79. The van der Waals surface area contributed by atoms with Crippen molar-refractivity contribution in [2.75, 3.05) is 24.2 Å². The van der Waals surface area contributed by atoms with Crippen molar-refractivity contribution < 1.29 is 17.4 Å². The molecule has 1 aromatic carbocycles. The number of halogens is 3. The number of hydrogen-bond acceptors (Lipinski definition) is 3. The van der Waals surface area contributed by atoms with Crippen molar-refractivity contribution in [3.05, 3.63) is 23.9 Å². The van der Waals surface area contributed by atoms with Crippen LogP contribution in [0.1, 0.15) is 18.4 Å². The van der Waals surface area contributed by atoms with Crippen LogP contribution in [0, 0.1) is 0 Å². The molecule has 1 aromatic heterocycles. The Hall–Kier alpha value is -1.74. The molecule has 0 radical (unpaired) electrons. The van der Waals surface area contributed by atoms with Crippen molar-refractivity contribution in [3.63, 3.8) is 0 Å². The number of fused-ring (bicyclic) bond motifs is 3. The van der Waals surface area contributed by atoms with E-state index in [1.165, 1.54) is 12.3 Å². The highest BCUT2D eigenvalue weighted by atomic mass is 32.2. The molecule has 0 saturated carbocycles. The van der Waals surface area contributed by atoms with Crippen LogP contribution in [0.4, 0.5) is 18.9 Å². The molecule has 1 N–H and O–H groups in total. The van der Waals surface area contributed by atoms with Crippen LogP contribution in [0.25, 0.3) is 10.9 Å². The predicted octanol–water partition coefficient (Wildman–Crippen LogP) is 2.50. The SMILES string of the molecule is C=S(C)(=O)N1C2CCC1CN(c1cc(C(F)(F)F)cc3cn[nH]c13)C2. The topological polar surface area (TPSA) is 52.2 Å². The Kier molecular flexibility index (Phi) is 3.59. The molecule has 2 aromatic rings. The highest BCUT2D eigenvalue weighted by molar-refractivity contribution is 7.97. The average Bonchev–Trinajstić information content (AvgIpc) is 3.07. The normalized spacial score (nSPS) is 27.0. The zero-order valence-corrected chi connectivity index (χ0v) is 14.5. The van der Waals surface area contributed by atoms with Gasteiger partial charge in [-0.1, -0.05) is 0 Å². The average molecular weight is 372 g/mol. The molecule has 2 fully saturated rings. The van der Waals surface area contributed by atoms with Crippen LogP contribution < -0.4 is 4.90 Å². The second kappa shape index (κ2) is 5.38. The number of anilines is 1. The highest BCUT2D eigenvalue weighted by Crippen LogP contribution is 2.39. The van der Waals surface area contributed by atoms with E-state index in [4.69, 9.17) is 0 Å². The number of aromatic nitrogens is 2. The van der Waals surface area contributed by atoms with E-state index >= 15 is 0 Å². The third-order valence-electron chi connectivity index (χ3n) is 5.06. The fourth-order valence-electron chi connectivity index (χ4n) is 4.14. The summed E-state index contributed by atoms with van der Waals surface area (Å²) in [6.07, 6.45) is 0.393. The molecule has 3 heterocycles. The van der Waals surface area contributed by atoms with Crippen LogP contribution >= 0.6 is 0 Å². The number of nitrogens with zero attached hydrogens (tertiary/aromatic N) is 3. The lowest BCUT2D eigenvalue weighted by Gasteiger charge is -2.42. The molecule has 3 unspecified atom stereocenters. The Labute approximate surface area is 143 Å². The van der Waals surface area contributed by atoms with Crippen LogP contribution in [0.5, 0.6) is 0 Å². The summed E-state index contributed by atoms with van der Waals surface area (Å²) in [5, 5.41) is 7.16. The summed E-state index contributed by atoms with van der Waals surface area (Å²) in [6.45, 7) is 1.07. The van der Waals surface area contributed by atoms with Gasteiger partial charge in [0.2, 0.25) is 0 Å². The summed E-state index contributed by atoms with van der Waals surface area (Å²) < 4.78 is 54.1. The van der Waals surface area contributed by atoms with Crippen molar-refractivity contribution in [1.82, 2.24) is 14.5 Å². The van der Waals surface area contributed by atoms with E-state index in [1.54, 1.807) is 6.26 Å². The Balaban J connectivity index is 1.75. The third kappa shape index (κ3) is 2.79. The molecule has 136 valence electrons. The lowest BCUT2D eigenvalue weighted by atomic mass is 10.1. The molecule has 4 rings (SSSR count). The molecule has 2 aliphatic rings. The minimum absolute atomic E-state index is 0.0428. The maximum Gasteiger partial charge on any atom is 0.416 e. The summed E-state index contributed by atoms with van der Waals surface area (Å²) >= 11 is 0. The largest absolute Gasteiger partial charge is 0.416 e. The van der Waals surface area contributed by atoms with E-state index in [0.29, 0.717) is 29.7 Å². The molecule has 25 heavy (non-hydrogen) atoms. The molecule has 0 spiro atoms. The number of H-pyrrole nitrogens is 1. The van der Waals surface area contributed by atoms with Gasteiger partial charge in [-0.3, -0.25) is 9.31 Å². The summed E-state index contributed by atoms with van der Waals surface area (Å²) in [6, 6.07) is 2.38. The molecule has 9 heteroatoms. The number of alkyl halides is 3. The molecule has 0 aliphatic carbocycles. The second-order valence-corrected chi connectivity index (χ2v) is 9.28. The van der Waals surface area contributed by atoms with Gasteiger partial charge in [-0.2, -0.15) is 18.3 Å². The molecule has 0 amide bonds. The fraction of sp³-hybridized carbons (Fsp3) is 0.500. The smallest absolute Gasteiger partial charge is 0.367 e. The van der Waals surface area contributed by atoms with Gasteiger partial charge >= 0.3 is 6.18 Å². The molecular formula is C16H19F3N4OS. The van der Waals surface area contributed by atoms with Crippen molar-refractivity contribution in [1.29, 1.82) is 0 Å². The van der Waals surface area contributed by atoms with Gasteiger partial charge in [0.15, 0.2) is 0 Å². The number of hydrogen-bond donors (Lipinski definition) is 1. The van der Waals surface area contributed by atoms with Crippen molar-refractivity contribution in [2.24, 2.45) is 0 Å². The fourth-order valence-corrected chi connectivity index (χ4v) is 5.75. The number of benzene rings is 1. The predicted molar refractivity (Wildman–Crippen MR) is 93.1 cm³/mol. The first-order chi connectivity index (χ1) is 11.6. The van der Waals surface area contributed by atoms with Crippen LogP contribution in [0.3, 0.4) is 0 Å². The third-order valence-corrected chi connectivity index (χ3v) is 6.55. The van der Waals surface area contributed by atoms with Crippen molar-refractivity contribution >= 4 is 32.2 Å². The van der Waals surface area contributed by atoms with E-state index in [2.05, 4.69) is 16.1 Å². The molecule has 5 nitrogen and oxygen atoms in total. The zero-order chi connectivity index (χ0) is 18.0. The van der Waals surface area contributed by atoms with Crippen LogP contribution in [0.2, 0.25) is 0 Å². The summed E-state index contributed by atoms with van der Waals surface area (Å²) in [5.41, 5.74) is 0.431. The lowest BCUT2D eigenvalue weighted by molar-refractivity contribution is -0.137. The van der Waals surface area contributed by atoms with E-state index in [9.17, 15) is 17.4 Å². The number of nitrogens with one attached hydrogen (secondary N) is 1. The van der Waals surface area contributed by atoms with Crippen LogP contribution in [-0.2, 0) is 15.9 Å². The quantitative estimate of drug-likeness (QED) is 0.824. The Bertz CT molecular complexity index is 907. The van der Waals surface area contributed by atoms with Crippen LogP contribution in [-0.4, -0.2) is 56.0 Å². The zero-order valence-electron chi connectivity index (χ0n) is 13.7. The highest BCUT2D eigenvalue weighted by Gasteiger charge is 2.43. The van der Waals surface area contributed by atoms with Gasteiger partial charge in [-0.05, 0) is 30.8 Å². The molecule has 2 aliphatic heterocycles. The van der Waals surface area contributed by atoms with Gasteiger partial charge in [-0.25, -0.2) is 4.31 Å². The Morgan fingerprint density at radius 1 is 1.28 bits per heavy atom. The number of rotatable bonds is 2. The Morgan fingerprint density at radius 2 is 1.92 bits per heavy atom.